The van der Waals surface area contributed by atoms with Gasteiger partial charge in [0.1, 0.15) is 24.7 Å². The second kappa shape index (κ2) is 6.73. The van der Waals surface area contributed by atoms with Crippen LogP contribution in [0.3, 0.4) is 0 Å². The van der Waals surface area contributed by atoms with E-state index in [9.17, 15) is 9.59 Å². The number of methoxy groups -OCH3 is 1. The van der Waals surface area contributed by atoms with Crippen molar-refractivity contribution in [3.63, 3.8) is 0 Å². The molecule has 25 heavy (non-hydrogen) atoms. The Hall–Kier alpha value is -0.803. The Balaban J connectivity index is 2.24. The average Bonchev–Trinajstić information content (AvgIpc) is 2.90. The van der Waals surface area contributed by atoms with E-state index < -0.39 is 44.7 Å². The van der Waals surface area contributed by atoms with Gasteiger partial charge in [-0.2, -0.15) is 0 Å². The van der Waals surface area contributed by atoms with Gasteiger partial charge in [0, 0.05) is 0 Å². The van der Waals surface area contributed by atoms with Crippen LogP contribution in [0.2, 0.25) is 18.1 Å². The van der Waals surface area contributed by atoms with Crippen LogP contribution in [0.15, 0.2) is 0 Å². The summed E-state index contributed by atoms with van der Waals surface area (Å²) in [6.07, 6.45) is -3.06. The van der Waals surface area contributed by atoms with Gasteiger partial charge in [-0.05, 0) is 32.0 Å². The summed E-state index contributed by atoms with van der Waals surface area (Å²) < 4.78 is 28.5. The van der Waals surface area contributed by atoms with Crippen molar-refractivity contribution in [3.05, 3.63) is 0 Å². The van der Waals surface area contributed by atoms with Gasteiger partial charge in [0.25, 0.3) is 0 Å². The molecule has 0 aromatic rings. The molecule has 0 amide bonds. The third-order valence-electron chi connectivity index (χ3n) is 5.09. The van der Waals surface area contributed by atoms with Gasteiger partial charge in [0.15, 0.2) is 26.2 Å². The molecule has 0 spiro atoms. The highest BCUT2D eigenvalue weighted by molar-refractivity contribution is 6.74. The molecule has 0 aliphatic carbocycles. The van der Waals surface area contributed by atoms with E-state index in [2.05, 4.69) is 38.6 Å². The van der Waals surface area contributed by atoms with E-state index in [-0.39, 0.29) is 17.2 Å². The van der Waals surface area contributed by atoms with E-state index in [0.29, 0.717) is 0 Å². The molecular weight excluding hydrogens is 344 g/mol. The Bertz CT molecular complexity index is 538. The lowest BCUT2D eigenvalue weighted by Gasteiger charge is -2.40. The number of hydrogen-bond donors (Lipinski definition) is 0. The fourth-order valence-electron chi connectivity index (χ4n) is 2.70. The topological polar surface area (TPSA) is 80.3 Å². The number of fused-ring (bicyclic) bond motifs is 1. The lowest BCUT2D eigenvalue weighted by molar-refractivity contribution is -0.213. The molecule has 2 rings (SSSR count). The zero-order chi connectivity index (χ0) is 19.2. The van der Waals surface area contributed by atoms with Crippen LogP contribution >= 0.6 is 0 Å². The molecule has 2 saturated heterocycles. The van der Waals surface area contributed by atoms with Crippen LogP contribution in [0.25, 0.3) is 0 Å². The molecule has 2 aliphatic rings. The van der Waals surface area contributed by atoms with E-state index in [0.717, 1.165) is 0 Å². The number of esters is 1. The van der Waals surface area contributed by atoms with Gasteiger partial charge in [-0.3, -0.25) is 9.59 Å². The smallest absolute Gasteiger partial charge is 0.313 e. The minimum Gasteiger partial charge on any atom is -0.469 e. The molecule has 7 nitrogen and oxygen atoms in total. The number of ether oxygens (including phenoxy) is 4. The highest BCUT2D eigenvalue weighted by Gasteiger charge is 2.59. The summed E-state index contributed by atoms with van der Waals surface area (Å²) in [6, 6.07) is 0. The van der Waals surface area contributed by atoms with Gasteiger partial charge in [-0.15, -0.1) is 0 Å². The molecular formula is C17H30O7Si. The molecule has 144 valence electrons. The van der Waals surface area contributed by atoms with Crippen LogP contribution in [-0.2, 0) is 33.0 Å². The predicted molar refractivity (Wildman–Crippen MR) is 92.4 cm³/mol. The molecule has 0 unspecified atom stereocenters. The summed E-state index contributed by atoms with van der Waals surface area (Å²) in [5.41, 5.74) is 0. The van der Waals surface area contributed by atoms with E-state index in [1.807, 2.05) is 0 Å². The summed E-state index contributed by atoms with van der Waals surface area (Å²) in [5.74, 6) is -1.78. The number of ketones is 1. The van der Waals surface area contributed by atoms with Gasteiger partial charge >= 0.3 is 5.97 Å². The third kappa shape index (κ3) is 4.31. The minimum absolute atomic E-state index is 0.0456. The van der Waals surface area contributed by atoms with E-state index >= 15 is 0 Å². The van der Waals surface area contributed by atoms with Crippen LogP contribution in [0.4, 0.5) is 0 Å². The minimum atomic E-state index is -2.20. The maximum Gasteiger partial charge on any atom is 0.313 e. The second-order valence-electron chi connectivity index (χ2n) is 8.59. The van der Waals surface area contributed by atoms with Gasteiger partial charge < -0.3 is 23.4 Å². The summed E-state index contributed by atoms with van der Waals surface area (Å²) in [5, 5.41) is -0.0456. The summed E-state index contributed by atoms with van der Waals surface area (Å²) in [6.45, 7) is 14.1. The first-order chi connectivity index (χ1) is 11.3. The van der Waals surface area contributed by atoms with Gasteiger partial charge in [0.05, 0.1) is 7.11 Å². The highest BCUT2D eigenvalue weighted by Crippen LogP contribution is 2.44. The SMILES string of the molecule is COC(=O)CC(=O)[C@H]1O[C@@H]2OC(C)(C)O[C@@H]2[C@H]1O[Si](C)(C)C(C)(C)C. The Kier molecular flexibility index (Phi) is 5.52. The van der Waals surface area contributed by atoms with E-state index in [1.165, 1.54) is 7.11 Å². The van der Waals surface area contributed by atoms with Crippen molar-refractivity contribution in [2.45, 2.75) is 89.6 Å². The largest absolute Gasteiger partial charge is 0.469 e. The van der Waals surface area contributed by atoms with Gasteiger partial charge in [-0.1, -0.05) is 20.8 Å². The van der Waals surface area contributed by atoms with Crippen LogP contribution in [-0.4, -0.2) is 57.6 Å². The fraction of sp³-hybridized carbons (Fsp3) is 0.882. The Labute approximate surface area is 150 Å². The Morgan fingerprint density at radius 3 is 2.28 bits per heavy atom. The Morgan fingerprint density at radius 1 is 1.16 bits per heavy atom. The molecule has 0 saturated carbocycles. The quantitative estimate of drug-likeness (QED) is 0.415. The van der Waals surface area contributed by atoms with Crippen molar-refractivity contribution in [2.24, 2.45) is 0 Å². The summed E-state index contributed by atoms with van der Waals surface area (Å²) in [7, 11) is -0.948. The molecule has 0 aromatic heterocycles. The van der Waals surface area contributed by atoms with Crippen LogP contribution in [0.1, 0.15) is 41.0 Å². The molecule has 8 heteroatoms. The van der Waals surface area contributed by atoms with Crippen LogP contribution in [0, 0.1) is 0 Å². The maximum atomic E-state index is 12.6. The molecule has 0 aromatic carbocycles. The normalized spacial score (nSPS) is 31.7. The predicted octanol–water partition coefficient (Wildman–Crippen LogP) is 2.39. The summed E-state index contributed by atoms with van der Waals surface area (Å²) in [4.78, 5) is 24.0. The zero-order valence-corrected chi connectivity index (χ0v) is 17.4. The first-order valence-electron chi connectivity index (χ1n) is 8.56. The van der Waals surface area contributed by atoms with Crippen LogP contribution in [0.5, 0.6) is 0 Å². The molecule has 2 fully saturated rings. The van der Waals surface area contributed by atoms with Crippen molar-refractivity contribution in [2.75, 3.05) is 7.11 Å². The first kappa shape index (κ1) is 20.5. The van der Waals surface area contributed by atoms with Crippen molar-refractivity contribution in [1.29, 1.82) is 0 Å². The lowest BCUT2D eigenvalue weighted by Crippen LogP contribution is -2.51. The van der Waals surface area contributed by atoms with Gasteiger partial charge in [-0.25, -0.2) is 0 Å². The molecule has 0 bridgehead atoms. The van der Waals surface area contributed by atoms with Crippen LogP contribution < -0.4 is 0 Å². The summed E-state index contributed by atoms with van der Waals surface area (Å²) >= 11 is 0. The van der Waals surface area contributed by atoms with Gasteiger partial charge in [0.2, 0.25) is 0 Å². The molecule has 0 radical (unpaired) electrons. The van der Waals surface area contributed by atoms with Crippen molar-refractivity contribution in [1.82, 2.24) is 0 Å². The number of rotatable bonds is 5. The maximum absolute atomic E-state index is 12.6. The molecule has 2 heterocycles. The average molecular weight is 375 g/mol. The third-order valence-corrected chi connectivity index (χ3v) is 9.57. The molecule has 2 aliphatic heterocycles. The van der Waals surface area contributed by atoms with Crippen molar-refractivity contribution >= 4 is 20.1 Å². The monoisotopic (exact) mass is 374 g/mol. The lowest BCUT2D eigenvalue weighted by atomic mass is 10.1. The zero-order valence-electron chi connectivity index (χ0n) is 16.4. The molecule has 4 atom stereocenters. The number of carbonyl (C=O) groups excluding carboxylic acids is 2. The highest BCUT2D eigenvalue weighted by atomic mass is 28.4. The number of hydrogen-bond acceptors (Lipinski definition) is 7. The fourth-order valence-corrected chi connectivity index (χ4v) is 3.99. The standard InChI is InChI=1S/C17H30O7Si/c1-16(2,3)25(7,8)24-13-12(10(18)9-11(19)20-6)21-15-14(13)22-17(4,5)23-15/h12-15H,9H2,1-8H3/t12-,13+,14-,15-/m1/s1. The van der Waals surface area contributed by atoms with E-state index in [1.54, 1.807) is 13.8 Å². The number of carbonyl (C=O) groups is 2. The Morgan fingerprint density at radius 2 is 1.76 bits per heavy atom. The van der Waals surface area contributed by atoms with Crippen molar-refractivity contribution < 1.29 is 33.0 Å². The van der Waals surface area contributed by atoms with Crippen molar-refractivity contribution in [3.8, 4) is 0 Å². The number of Topliss-reactive ketones (excluding diaryl/α,β-unsaturated/α-hetero) is 1. The molecule has 0 N–H and O–H groups in total. The first-order valence-corrected chi connectivity index (χ1v) is 11.5. The van der Waals surface area contributed by atoms with E-state index in [4.69, 9.17) is 18.6 Å². The second-order valence-corrected chi connectivity index (χ2v) is 13.3.